The quantitative estimate of drug-likeness (QED) is 0.596. The molecule has 1 aromatic rings. The Balaban J connectivity index is 0.00000280. The van der Waals surface area contributed by atoms with Crippen molar-refractivity contribution >= 4 is 30.0 Å². The lowest BCUT2D eigenvalue weighted by Gasteiger charge is -2.25. The van der Waals surface area contributed by atoms with E-state index in [1.807, 2.05) is 0 Å². The van der Waals surface area contributed by atoms with Crippen LogP contribution in [0.2, 0.25) is 0 Å². The first-order valence-electron chi connectivity index (χ1n) is 9.64. The van der Waals surface area contributed by atoms with Crippen LogP contribution >= 0.6 is 12.4 Å². The first-order valence-corrected chi connectivity index (χ1v) is 9.64. The van der Waals surface area contributed by atoms with E-state index < -0.39 is 6.04 Å². The number of carbonyl (C=O) groups excluding carboxylic acids is 2. The monoisotopic (exact) mass is 412 g/mol. The predicted octanol–water partition coefficient (Wildman–Crippen LogP) is 1.99. The van der Waals surface area contributed by atoms with E-state index in [4.69, 9.17) is 9.47 Å². The van der Waals surface area contributed by atoms with Crippen LogP contribution in [0.5, 0.6) is 11.5 Å². The van der Waals surface area contributed by atoms with Crippen LogP contribution in [0.4, 0.5) is 10.5 Å². The second kappa shape index (κ2) is 11.0. The van der Waals surface area contributed by atoms with Gasteiger partial charge >= 0.3 is 6.03 Å². The minimum atomic E-state index is -0.423. The highest BCUT2D eigenvalue weighted by molar-refractivity contribution is 5.94. The number of rotatable bonds is 7. The molecule has 0 bridgehead atoms. The van der Waals surface area contributed by atoms with Gasteiger partial charge in [-0.1, -0.05) is 6.92 Å². The molecule has 9 heteroatoms. The Morgan fingerprint density at radius 3 is 2.71 bits per heavy atom. The maximum Gasteiger partial charge on any atom is 0.322 e. The maximum atomic E-state index is 12.7. The van der Waals surface area contributed by atoms with Gasteiger partial charge in [0.15, 0.2) is 11.5 Å². The molecule has 0 saturated carbocycles. The van der Waals surface area contributed by atoms with Gasteiger partial charge in [0.1, 0.15) is 19.3 Å². The lowest BCUT2D eigenvalue weighted by atomic mass is 10.2. The van der Waals surface area contributed by atoms with E-state index in [1.165, 1.54) is 0 Å². The molecule has 0 radical (unpaired) electrons. The Morgan fingerprint density at radius 1 is 1.14 bits per heavy atom. The van der Waals surface area contributed by atoms with Gasteiger partial charge in [-0.25, -0.2) is 4.79 Å². The molecule has 1 saturated heterocycles. The summed E-state index contributed by atoms with van der Waals surface area (Å²) in [6, 6.07) is 4.61. The van der Waals surface area contributed by atoms with Crippen LogP contribution in [-0.4, -0.2) is 62.3 Å². The zero-order valence-corrected chi connectivity index (χ0v) is 17.0. The van der Waals surface area contributed by atoms with Gasteiger partial charge in [0, 0.05) is 31.4 Å². The fraction of sp³-hybridized carbons (Fsp3) is 0.579. The molecule has 1 aromatic carbocycles. The van der Waals surface area contributed by atoms with Crippen LogP contribution in [0.1, 0.15) is 26.2 Å². The number of carbonyl (C=O) groups is 2. The summed E-state index contributed by atoms with van der Waals surface area (Å²) in [7, 11) is 0. The van der Waals surface area contributed by atoms with Crippen LogP contribution < -0.4 is 25.4 Å². The van der Waals surface area contributed by atoms with Crippen LogP contribution in [0, 0.1) is 0 Å². The van der Waals surface area contributed by atoms with Crippen molar-refractivity contribution in [3.05, 3.63) is 18.2 Å². The molecule has 28 heavy (non-hydrogen) atoms. The van der Waals surface area contributed by atoms with Crippen molar-refractivity contribution in [2.75, 3.05) is 44.7 Å². The number of amides is 3. The minimum Gasteiger partial charge on any atom is -0.486 e. The molecule has 3 rings (SSSR count). The average molecular weight is 413 g/mol. The topological polar surface area (TPSA) is 91.9 Å². The van der Waals surface area contributed by atoms with Crippen molar-refractivity contribution < 1.29 is 19.1 Å². The standard InChI is InChI=1S/C19H28N4O4.ClH/c1-2-7-20-8-9-21-18(24)15-4-3-10-23(15)19(25)22-14-5-6-16-17(13-14)27-12-11-26-16;/h5-6,13,15,20H,2-4,7-12H2,1H3,(H,21,24)(H,22,25);1H/t15-;/m0./s1. The highest BCUT2D eigenvalue weighted by atomic mass is 35.5. The van der Waals surface area contributed by atoms with Crippen molar-refractivity contribution in [1.82, 2.24) is 15.5 Å². The second-order valence-corrected chi connectivity index (χ2v) is 6.68. The summed E-state index contributed by atoms with van der Waals surface area (Å²) in [5, 5.41) is 9.02. The minimum absolute atomic E-state index is 0. The lowest BCUT2D eigenvalue weighted by molar-refractivity contribution is -0.124. The third kappa shape index (κ3) is 5.65. The maximum absolute atomic E-state index is 12.7. The molecular formula is C19H29ClN4O4. The summed E-state index contributed by atoms with van der Waals surface area (Å²) in [6.45, 7) is 5.92. The first-order chi connectivity index (χ1) is 13.2. The molecule has 0 aromatic heterocycles. The van der Waals surface area contributed by atoms with Gasteiger partial charge in [0.25, 0.3) is 0 Å². The van der Waals surface area contributed by atoms with Crippen molar-refractivity contribution in [1.29, 1.82) is 0 Å². The molecule has 2 aliphatic heterocycles. The molecule has 3 amide bonds. The molecule has 3 N–H and O–H groups in total. The Kier molecular flexibility index (Phi) is 8.66. The summed E-state index contributed by atoms with van der Waals surface area (Å²) in [5.74, 6) is 1.20. The number of nitrogens with zero attached hydrogens (tertiary/aromatic N) is 1. The molecule has 0 spiro atoms. The van der Waals surface area contributed by atoms with Gasteiger partial charge in [-0.05, 0) is 37.9 Å². The van der Waals surface area contributed by atoms with Crippen LogP contribution in [0.15, 0.2) is 18.2 Å². The summed E-state index contributed by atoms with van der Waals surface area (Å²) >= 11 is 0. The molecule has 0 aliphatic carbocycles. The van der Waals surface area contributed by atoms with Crippen molar-refractivity contribution in [3.8, 4) is 11.5 Å². The fourth-order valence-corrected chi connectivity index (χ4v) is 3.29. The Bertz CT molecular complexity index is 673. The van der Waals surface area contributed by atoms with E-state index in [-0.39, 0.29) is 24.3 Å². The number of benzene rings is 1. The van der Waals surface area contributed by atoms with E-state index in [0.29, 0.717) is 49.9 Å². The third-order valence-corrected chi connectivity index (χ3v) is 4.64. The molecule has 156 valence electrons. The molecule has 2 aliphatic rings. The van der Waals surface area contributed by atoms with E-state index in [0.717, 1.165) is 25.9 Å². The number of likely N-dealkylation sites (tertiary alicyclic amines) is 1. The largest absolute Gasteiger partial charge is 0.486 e. The molecular weight excluding hydrogens is 384 g/mol. The van der Waals surface area contributed by atoms with Crippen LogP contribution in [0.3, 0.4) is 0 Å². The summed E-state index contributed by atoms with van der Waals surface area (Å²) in [4.78, 5) is 26.7. The second-order valence-electron chi connectivity index (χ2n) is 6.68. The number of fused-ring (bicyclic) bond motifs is 1. The number of hydrogen-bond acceptors (Lipinski definition) is 5. The summed E-state index contributed by atoms with van der Waals surface area (Å²) < 4.78 is 11.0. The van der Waals surface area contributed by atoms with E-state index >= 15 is 0 Å². The zero-order chi connectivity index (χ0) is 19.1. The average Bonchev–Trinajstić information content (AvgIpc) is 3.18. The van der Waals surface area contributed by atoms with Gasteiger partial charge in [-0.2, -0.15) is 0 Å². The Labute approximate surface area is 171 Å². The van der Waals surface area contributed by atoms with E-state index in [9.17, 15) is 9.59 Å². The van der Waals surface area contributed by atoms with Gasteiger partial charge in [-0.3, -0.25) is 4.79 Å². The highest BCUT2D eigenvalue weighted by Gasteiger charge is 2.34. The number of urea groups is 1. The molecule has 2 heterocycles. The summed E-state index contributed by atoms with van der Waals surface area (Å²) in [6.07, 6.45) is 2.56. The summed E-state index contributed by atoms with van der Waals surface area (Å²) in [5.41, 5.74) is 0.624. The van der Waals surface area contributed by atoms with Crippen molar-refractivity contribution in [2.45, 2.75) is 32.2 Å². The van der Waals surface area contributed by atoms with Gasteiger partial charge < -0.3 is 30.3 Å². The van der Waals surface area contributed by atoms with E-state index in [1.54, 1.807) is 23.1 Å². The number of ether oxygens (including phenoxy) is 2. The Morgan fingerprint density at radius 2 is 1.93 bits per heavy atom. The highest BCUT2D eigenvalue weighted by Crippen LogP contribution is 2.32. The smallest absolute Gasteiger partial charge is 0.322 e. The van der Waals surface area contributed by atoms with Gasteiger partial charge in [0.2, 0.25) is 5.91 Å². The number of halogens is 1. The number of hydrogen-bond donors (Lipinski definition) is 3. The molecule has 1 atom stereocenters. The number of anilines is 1. The predicted molar refractivity (Wildman–Crippen MR) is 110 cm³/mol. The van der Waals surface area contributed by atoms with Crippen molar-refractivity contribution in [2.24, 2.45) is 0 Å². The Hall–Kier alpha value is -2.19. The molecule has 0 unspecified atom stereocenters. The van der Waals surface area contributed by atoms with Crippen molar-refractivity contribution in [3.63, 3.8) is 0 Å². The third-order valence-electron chi connectivity index (χ3n) is 4.64. The first kappa shape index (κ1) is 22.1. The van der Waals surface area contributed by atoms with Gasteiger partial charge in [-0.15, -0.1) is 12.4 Å². The van der Waals surface area contributed by atoms with E-state index in [2.05, 4.69) is 22.9 Å². The molecule has 1 fully saturated rings. The lowest BCUT2D eigenvalue weighted by Crippen LogP contribution is -2.48. The SMILES string of the molecule is CCCNCCNC(=O)[C@@H]1CCCN1C(=O)Nc1ccc2c(c1)OCCO2.Cl. The van der Waals surface area contributed by atoms with Crippen LogP contribution in [0.25, 0.3) is 0 Å². The normalized spacial score (nSPS) is 17.6. The molecule has 8 nitrogen and oxygen atoms in total. The zero-order valence-electron chi connectivity index (χ0n) is 16.2. The van der Waals surface area contributed by atoms with Gasteiger partial charge in [0.05, 0.1) is 0 Å². The fourth-order valence-electron chi connectivity index (χ4n) is 3.29. The van der Waals surface area contributed by atoms with Crippen LogP contribution in [-0.2, 0) is 4.79 Å². The number of nitrogens with one attached hydrogen (secondary N) is 3.